The molecule has 0 saturated carbocycles. The highest BCUT2D eigenvalue weighted by Gasteiger charge is 2.29. The van der Waals surface area contributed by atoms with Crippen molar-refractivity contribution < 1.29 is 9.50 Å². The summed E-state index contributed by atoms with van der Waals surface area (Å²) in [4.78, 5) is 6.85. The minimum Gasteiger partial charge on any atom is -0.388 e. The van der Waals surface area contributed by atoms with Crippen molar-refractivity contribution in [3.05, 3.63) is 59.8 Å². The number of nitrogens with zero attached hydrogens (tertiary/aromatic N) is 4. The fourth-order valence-electron chi connectivity index (χ4n) is 3.69. The van der Waals surface area contributed by atoms with Gasteiger partial charge in [0.15, 0.2) is 5.82 Å². The highest BCUT2D eigenvalue weighted by Crippen LogP contribution is 2.32. The van der Waals surface area contributed by atoms with Crippen LogP contribution in [0, 0.1) is 12.7 Å². The zero-order valence-corrected chi connectivity index (χ0v) is 14.1. The number of aryl methyl sites for hydroxylation is 1. The Balaban J connectivity index is 1.58. The summed E-state index contributed by atoms with van der Waals surface area (Å²) in [6.07, 6.45) is 5.68. The molecule has 0 amide bonds. The normalized spacial score (nSPS) is 18.8. The second-order valence-electron chi connectivity index (χ2n) is 6.66. The van der Waals surface area contributed by atoms with Crippen LogP contribution in [0.15, 0.2) is 42.7 Å². The molecule has 1 aromatic carbocycles. The lowest BCUT2D eigenvalue weighted by Crippen LogP contribution is -2.31. The maximum Gasteiger partial charge on any atom is 0.154 e. The number of fused-ring (bicyclic) bond motifs is 1. The molecule has 0 spiro atoms. The van der Waals surface area contributed by atoms with E-state index in [9.17, 15) is 9.50 Å². The van der Waals surface area contributed by atoms with Gasteiger partial charge in [0.2, 0.25) is 0 Å². The lowest BCUT2D eigenvalue weighted by molar-refractivity contribution is 0.158. The quantitative estimate of drug-likeness (QED) is 0.792. The van der Waals surface area contributed by atoms with Crippen molar-refractivity contribution >= 4 is 11.3 Å². The van der Waals surface area contributed by atoms with Gasteiger partial charge in [0.1, 0.15) is 11.3 Å². The van der Waals surface area contributed by atoms with E-state index in [0.717, 1.165) is 42.0 Å². The molecule has 2 aromatic heterocycles. The van der Waals surface area contributed by atoms with E-state index in [1.165, 1.54) is 12.1 Å². The van der Waals surface area contributed by atoms with Gasteiger partial charge in [-0.3, -0.25) is 0 Å². The molecule has 5 nitrogen and oxygen atoms in total. The third-order valence-corrected chi connectivity index (χ3v) is 4.89. The van der Waals surface area contributed by atoms with Crippen LogP contribution in [0.2, 0.25) is 0 Å². The van der Waals surface area contributed by atoms with E-state index in [2.05, 4.69) is 15.0 Å². The summed E-state index contributed by atoms with van der Waals surface area (Å²) in [5, 5.41) is 15.0. The van der Waals surface area contributed by atoms with Crippen molar-refractivity contribution in [1.29, 1.82) is 0 Å². The Kier molecular flexibility index (Phi) is 4.13. The number of hydrogen-bond donors (Lipinski definition) is 1. The first-order valence-electron chi connectivity index (χ1n) is 8.63. The van der Waals surface area contributed by atoms with Gasteiger partial charge in [-0.15, -0.1) is 0 Å². The van der Waals surface area contributed by atoms with Gasteiger partial charge >= 0.3 is 0 Å². The van der Waals surface area contributed by atoms with Crippen LogP contribution in [0.3, 0.4) is 0 Å². The Morgan fingerprint density at radius 3 is 2.92 bits per heavy atom. The van der Waals surface area contributed by atoms with Gasteiger partial charge in [0.05, 0.1) is 11.8 Å². The Bertz CT molecular complexity index is 877. The van der Waals surface area contributed by atoms with Crippen LogP contribution in [0.5, 0.6) is 0 Å². The van der Waals surface area contributed by atoms with E-state index in [1.807, 2.05) is 23.7 Å². The number of aromatic nitrogens is 3. The molecular weight excluding hydrogens is 319 g/mol. The average Bonchev–Trinajstić information content (AvgIpc) is 3.20. The summed E-state index contributed by atoms with van der Waals surface area (Å²) in [7, 11) is 0. The first kappa shape index (κ1) is 16.0. The monoisotopic (exact) mass is 340 g/mol. The fourth-order valence-corrected chi connectivity index (χ4v) is 3.69. The third kappa shape index (κ3) is 3.09. The topological polar surface area (TPSA) is 53.7 Å². The maximum atomic E-state index is 13.1. The number of rotatable bonds is 4. The summed E-state index contributed by atoms with van der Waals surface area (Å²) in [6.45, 7) is 2.88. The van der Waals surface area contributed by atoms with Crippen LogP contribution in [0.1, 0.15) is 36.6 Å². The molecule has 0 bridgehead atoms. The first-order chi connectivity index (χ1) is 12.1. The summed E-state index contributed by atoms with van der Waals surface area (Å²) in [6, 6.07) is 8.32. The molecule has 1 saturated heterocycles. The minimum atomic E-state index is -0.613. The highest BCUT2D eigenvalue weighted by molar-refractivity contribution is 5.69. The molecule has 3 heterocycles. The first-order valence-corrected chi connectivity index (χ1v) is 8.63. The van der Waals surface area contributed by atoms with Crippen molar-refractivity contribution in [2.75, 3.05) is 11.4 Å². The van der Waals surface area contributed by atoms with Crippen molar-refractivity contribution in [2.45, 2.75) is 38.3 Å². The highest BCUT2D eigenvalue weighted by atomic mass is 19.1. The van der Waals surface area contributed by atoms with Gasteiger partial charge in [-0.05, 0) is 49.9 Å². The van der Waals surface area contributed by atoms with Crippen molar-refractivity contribution in [1.82, 2.24) is 14.6 Å². The van der Waals surface area contributed by atoms with E-state index >= 15 is 0 Å². The molecule has 0 unspecified atom stereocenters. The third-order valence-electron chi connectivity index (χ3n) is 4.89. The minimum absolute atomic E-state index is 0.203. The molecule has 3 aromatic rings. The zero-order chi connectivity index (χ0) is 17.4. The number of aliphatic hydroxyl groups excluding tert-OH is 1. The van der Waals surface area contributed by atoms with Crippen LogP contribution in [-0.4, -0.2) is 32.3 Å². The van der Waals surface area contributed by atoms with Crippen molar-refractivity contribution in [3.63, 3.8) is 0 Å². The molecular formula is C19H21FN4O. The Morgan fingerprint density at radius 2 is 2.12 bits per heavy atom. The number of anilines is 1. The van der Waals surface area contributed by atoms with Gasteiger partial charge < -0.3 is 10.0 Å². The van der Waals surface area contributed by atoms with Gasteiger partial charge in [-0.25, -0.2) is 13.9 Å². The smallest absolute Gasteiger partial charge is 0.154 e. The molecule has 2 atom stereocenters. The number of benzene rings is 1. The van der Waals surface area contributed by atoms with E-state index in [1.54, 1.807) is 18.3 Å². The van der Waals surface area contributed by atoms with Crippen molar-refractivity contribution in [3.8, 4) is 0 Å². The molecule has 4 rings (SSSR count). The lowest BCUT2D eigenvalue weighted by Gasteiger charge is -2.28. The second-order valence-corrected chi connectivity index (χ2v) is 6.66. The van der Waals surface area contributed by atoms with E-state index in [0.29, 0.717) is 6.42 Å². The van der Waals surface area contributed by atoms with E-state index in [4.69, 9.17) is 0 Å². The molecule has 130 valence electrons. The van der Waals surface area contributed by atoms with Gasteiger partial charge in [-0.2, -0.15) is 5.10 Å². The van der Waals surface area contributed by atoms with Gasteiger partial charge in [0, 0.05) is 25.0 Å². The summed E-state index contributed by atoms with van der Waals surface area (Å²) in [5.74, 6) is 0.627. The molecule has 0 radical (unpaired) electrons. The largest absolute Gasteiger partial charge is 0.388 e. The van der Waals surface area contributed by atoms with Crippen LogP contribution < -0.4 is 4.90 Å². The number of aliphatic hydroxyl groups is 1. The van der Waals surface area contributed by atoms with Crippen LogP contribution in [-0.2, 0) is 0 Å². The molecule has 1 aliphatic heterocycles. The zero-order valence-electron chi connectivity index (χ0n) is 14.1. The van der Waals surface area contributed by atoms with Gasteiger partial charge in [-0.1, -0.05) is 12.1 Å². The number of hydrogen-bond acceptors (Lipinski definition) is 4. The molecule has 1 aliphatic rings. The predicted octanol–water partition coefficient (Wildman–Crippen LogP) is 3.27. The summed E-state index contributed by atoms with van der Waals surface area (Å²) in [5.41, 5.74) is 2.69. The van der Waals surface area contributed by atoms with E-state index in [-0.39, 0.29) is 11.9 Å². The average molecular weight is 340 g/mol. The standard InChI is InChI=1S/C19H21FN4O/c1-13-11-17-19(21-8-10-24(17)22-13)23-9-2-3-16(23)12-18(25)14-4-6-15(20)7-5-14/h4-8,10-11,16,18,25H,2-3,9,12H2,1H3/t16-,18-/m0/s1. The number of halogens is 1. The molecule has 0 aliphatic carbocycles. The predicted molar refractivity (Wildman–Crippen MR) is 94.1 cm³/mol. The Morgan fingerprint density at radius 1 is 1.32 bits per heavy atom. The molecule has 6 heteroatoms. The van der Waals surface area contributed by atoms with Crippen LogP contribution >= 0.6 is 0 Å². The summed E-state index contributed by atoms with van der Waals surface area (Å²) < 4.78 is 14.9. The van der Waals surface area contributed by atoms with Crippen molar-refractivity contribution in [2.24, 2.45) is 0 Å². The van der Waals surface area contributed by atoms with E-state index < -0.39 is 6.10 Å². The second kappa shape index (κ2) is 6.44. The SMILES string of the molecule is Cc1cc2c(N3CCC[C@H]3C[C@H](O)c3ccc(F)cc3)nccn2n1. The fraction of sp³-hybridized carbons (Fsp3) is 0.368. The molecule has 25 heavy (non-hydrogen) atoms. The van der Waals surface area contributed by atoms with Crippen LogP contribution in [0.4, 0.5) is 10.2 Å². The maximum absolute atomic E-state index is 13.1. The Hall–Kier alpha value is -2.47. The summed E-state index contributed by atoms with van der Waals surface area (Å²) >= 11 is 0. The van der Waals surface area contributed by atoms with Gasteiger partial charge in [0.25, 0.3) is 0 Å². The molecule has 1 fully saturated rings. The lowest BCUT2D eigenvalue weighted by atomic mass is 10.0. The van der Waals surface area contributed by atoms with Crippen LogP contribution in [0.25, 0.3) is 5.52 Å². The molecule has 1 N–H and O–H groups in total. The Labute approximate surface area is 145 Å².